The van der Waals surface area contributed by atoms with Crippen molar-refractivity contribution in [3.05, 3.63) is 34.6 Å². The number of hydrogen-bond acceptors (Lipinski definition) is 14. The van der Waals surface area contributed by atoms with Crippen molar-refractivity contribution in [3.63, 3.8) is 0 Å². The van der Waals surface area contributed by atoms with Gasteiger partial charge in [-0.2, -0.15) is 22.8 Å². The number of anilines is 2. The molecule has 0 bridgehead atoms. The van der Waals surface area contributed by atoms with E-state index in [9.17, 15) is 30.8 Å². The topological polar surface area (TPSA) is 217 Å². The van der Waals surface area contributed by atoms with Crippen molar-refractivity contribution >= 4 is 61.0 Å². The van der Waals surface area contributed by atoms with E-state index in [0.29, 0.717) is 22.5 Å². The second kappa shape index (κ2) is 14.3. The van der Waals surface area contributed by atoms with Gasteiger partial charge in [0.05, 0.1) is 38.8 Å². The minimum atomic E-state index is -4.60. The first-order chi connectivity index (χ1) is 22.9. The largest absolute Gasteiger partial charge is 0.481 e. The second-order valence-corrected chi connectivity index (χ2v) is 15.8. The molecule has 5 rings (SSSR count). The normalized spacial score (nSPS) is 15.3. The zero-order valence-corrected chi connectivity index (χ0v) is 29.5. The van der Waals surface area contributed by atoms with E-state index < -0.39 is 32.1 Å². The third kappa shape index (κ3) is 8.79. The van der Waals surface area contributed by atoms with E-state index in [-0.39, 0.29) is 51.6 Å². The lowest BCUT2D eigenvalue weighted by atomic mass is 9.92. The molecule has 264 valence electrons. The monoisotopic (exact) mass is 741 g/mol. The lowest BCUT2D eigenvalue weighted by Crippen LogP contribution is -2.45. The summed E-state index contributed by atoms with van der Waals surface area (Å²) >= 11 is 1.24. The van der Waals surface area contributed by atoms with Crippen molar-refractivity contribution in [3.8, 4) is 29.9 Å². The first-order valence-electron chi connectivity index (χ1n) is 13.9. The van der Waals surface area contributed by atoms with Crippen LogP contribution in [0.4, 0.5) is 26.5 Å². The molecule has 3 amide bonds. The minimum Gasteiger partial charge on any atom is -0.481 e. The molecule has 0 radical (unpaired) electrons. The van der Waals surface area contributed by atoms with Crippen LogP contribution in [0.1, 0.15) is 19.7 Å². The number of urea groups is 1. The molecular formula is C27H32FN9O9S3. The van der Waals surface area contributed by atoms with Crippen LogP contribution in [0.2, 0.25) is 0 Å². The summed E-state index contributed by atoms with van der Waals surface area (Å²) in [6.45, 7) is 5.05. The average Bonchev–Trinajstić information content (AvgIpc) is 3.52. The van der Waals surface area contributed by atoms with Gasteiger partial charge in [-0.1, -0.05) is 23.5 Å². The maximum absolute atomic E-state index is 14.5. The molecule has 0 spiro atoms. The number of carbonyl (C=O) groups excluding carboxylic acids is 2. The molecule has 2 aliphatic rings. The highest BCUT2D eigenvalue weighted by Gasteiger charge is 2.32. The van der Waals surface area contributed by atoms with E-state index in [2.05, 4.69) is 39.1 Å². The minimum absolute atomic E-state index is 0.00654. The molecule has 0 unspecified atom stereocenters. The Kier molecular flexibility index (Phi) is 10.8. The lowest BCUT2D eigenvalue weighted by molar-refractivity contribution is -0.121. The van der Waals surface area contributed by atoms with Gasteiger partial charge in [-0.3, -0.25) is 15.0 Å². The maximum atomic E-state index is 14.5. The van der Waals surface area contributed by atoms with Gasteiger partial charge < -0.3 is 18.8 Å². The molecule has 0 saturated carbocycles. The van der Waals surface area contributed by atoms with Gasteiger partial charge in [0.2, 0.25) is 32.5 Å². The van der Waals surface area contributed by atoms with Crippen molar-refractivity contribution in [2.75, 3.05) is 50.9 Å². The number of halogens is 1. The molecule has 2 aromatic heterocycles. The number of methoxy groups -OCH3 is 2. The molecule has 18 nitrogen and oxygen atoms in total. The van der Waals surface area contributed by atoms with Gasteiger partial charge in [0.15, 0.2) is 12.4 Å². The quantitative estimate of drug-likeness (QED) is 0.310. The zero-order chi connectivity index (χ0) is 36.3. The first-order valence-corrected chi connectivity index (χ1v) is 18.0. The number of fused-ring (bicyclic) bond motifs is 2. The number of terminal acetylenes is 1. The number of carbonyl (C=O) groups is 2. The fourth-order valence-corrected chi connectivity index (χ4v) is 7.11. The predicted molar refractivity (Wildman–Crippen MR) is 175 cm³/mol. The predicted octanol–water partition coefficient (Wildman–Crippen LogP) is 1.01. The van der Waals surface area contributed by atoms with Crippen molar-refractivity contribution in [2.24, 2.45) is 10.4 Å². The molecule has 3 aromatic rings. The molecule has 0 atom stereocenters. The van der Waals surface area contributed by atoms with Gasteiger partial charge >= 0.3 is 16.2 Å². The summed E-state index contributed by atoms with van der Waals surface area (Å²) in [6, 6.07) is 2.82. The molecule has 2 aliphatic heterocycles. The fraction of sp³-hybridized carbons (Fsp3) is 0.407. The summed E-state index contributed by atoms with van der Waals surface area (Å²) in [4.78, 5) is 37.7. The number of sulfonamides is 1. The number of ether oxygens (including phenoxy) is 3. The molecule has 22 heteroatoms. The number of nitrogens with one attached hydrogen (secondary N) is 2. The van der Waals surface area contributed by atoms with Crippen LogP contribution < -0.4 is 34.0 Å². The van der Waals surface area contributed by atoms with Crippen LogP contribution in [0.3, 0.4) is 0 Å². The fourth-order valence-electron chi connectivity index (χ4n) is 4.40. The van der Waals surface area contributed by atoms with Crippen LogP contribution in [0, 0.1) is 23.6 Å². The third-order valence-corrected chi connectivity index (χ3v) is 11.0. The molecule has 0 fully saturated rings. The van der Waals surface area contributed by atoms with Crippen molar-refractivity contribution in [2.45, 2.75) is 26.8 Å². The number of benzene rings is 1. The number of rotatable bonds is 8. The van der Waals surface area contributed by atoms with Crippen molar-refractivity contribution in [1.29, 1.82) is 0 Å². The Morgan fingerprint density at radius 3 is 2.45 bits per heavy atom. The van der Waals surface area contributed by atoms with Gasteiger partial charge in [0.1, 0.15) is 17.3 Å². The van der Waals surface area contributed by atoms with E-state index in [1.807, 2.05) is 9.88 Å². The van der Waals surface area contributed by atoms with Crippen LogP contribution in [0.15, 0.2) is 23.2 Å². The maximum Gasteiger partial charge on any atom is 0.336 e. The van der Waals surface area contributed by atoms with E-state index in [1.54, 1.807) is 0 Å². The van der Waals surface area contributed by atoms with Crippen molar-refractivity contribution < 1.29 is 45.0 Å². The average molecular weight is 742 g/mol. The van der Waals surface area contributed by atoms with E-state index in [1.165, 1.54) is 53.6 Å². The summed E-state index contributed by atoms with van der Waals surface area (Å²) in [5, 5.41) is 2.02. The van der Waals surface area contributed by atoms with Gasteiger partial charge in [0, 0.05) is 37.6 Å². The summed E-state index contributed by atoms with van der Waals surface area (Å²) in [5.74, 6) is 2.73. The summed E-state index contributed by atoms with van der Waals surface area (Å²) in [7, 11) is -5.27. The van der Waals surface area contributed by atoms with Crippen molar-refractivity contribution in [1.82, 2.24) is 27.3 Å². The number of hydrogen-bond donors (Lipinski definition) is 2. The number of aromatic nitrogens is 4. The summed E-state index contributed by atoms with van der Waals surface area (Å²) in [5.41, 5.74) is 0.678. The molecule has 2 N–H and O–H groups in total. The first kappa shape index (κ1) is 37.0. The van der Waals surface area contributed by atoms with Gasteiger partial charge in [-0.05, 0) is 11.5 Å². The highest BCUT2D eigenvalue weighted by atomic mass is 32.3. The molecule has 4 heterocycles. The van der Waals surface area contributed by atoms with Gasteiger partial charge in [0.25, 0.3) is 5.91 Å². The summed E-state index contributed by atoms with van der Waals surface area (Å²) < 4.78 is 83.4. The van der Waals surface area contributed by atoms with Crippen LogP contribution in [-0.2, 0) is 38.0 Å². The standard InChI is InChI=1S/C18H17FN4O2S.C9H15N5O7S2/c1-4-5-22-13-7-12(11(19)6-14(13)25-9-16(22)24)20-17-23-10-18(2,3)8-15(23)21-26-17;1-14(22(4,16)17)23(18,19)13-9(15)12-8-10-6(20-2)5-7(11-8)21-3/h1,6-7H,5,8-10H2,2-3H3;5H,1-4H3,(H2,10,11,12,13,15). The highest BCUT2D eigenvalue weighted by Crippen LogP contribution is 2.37. The molecule has 1 aromatic carbocycles. The van der Waals surface area contributed by atoms with Crippen LogP contribution >= 0.6 is 11.5 Å². The molecular weight excluding hydrogens is 710 g/mol. The van der Waals surface area contributed by atoms with E-state index in [4.69, 9.17) is 20.6 Å². The number of amides is 3. The Hall–Kier alpha value is -4.85. The lowest BCUT2D eigenvalue weighted by Gasteiger charge is -2.28. The third-order valence-electron chi connectivity index (χ3n) is 6.78. The molecule has 49 heavy (non-hydrogen) atoms. The SMILES string of the molecule is C#CCN1C(=O)COc2cc(F)c(N=c3snc4n3CC(C)(C)C4)cc21.COc1cc(OC)nc(NC(=O)NS(=O)(=O)N(C)S(C)(=O)=O)n1. The van der Waals surface area contributed by atoms with E-state index in [0.717, 1.165) is 25.8 Å². The Balaban J connectivity index is 0.000000223. The van der Waals surface area contributed by atoms with Gasteiger partial charge in [-0.15, -0.1) is 6.42 Å². The Labute approximate surface area is 285 Å². The molecule has 0 aliphatic carbocycles. The Morgan fingerprint density at radius 1 is 1.20 bits per heavy atom. The smallest absolute Gasteiger partial charge is 0.336 e. The Morgan fingerprint density at radius 2 is 1.86 bits per heavy atom. The van der Waals surface area contributed by atoms with E-state index >= 15 is 0 Å². The second-order valence-electron chi connectivity index (χ2n) is 11.1. The van der Waals surface area contributed by atoms with Gasteiger partial charge in [-0.25, -0.2) is 27.3 Å². The van der Waals surface area contributed by atoms with Crippen LogP contribution in [0.5, 0.6) is 17.5 Å². The Bertz CT molecular complexity index is 2090. The summed E-state index contributed by atoms with van der Waals surface area (Å²) in [6.07, 6.45) is 6.88. The zero-order valence-electron chi connectivity index (χ0n) is 27.0. The highest BCUT2D eigenvalue weighted by molar-refractivity contribution is 8.03. The number of nitrogens with zero attached hydrogens (tertiary/aromatic N) is 7. The molecule has 0 saturated heterocycles. The van der Waals surface area contributed by atoms with Crippen LogP contribution in [-0.4, -0.2) is 92.1 Å². The van der Waals surface area contributed by atoms with Crippen LogP contribution in [0.25, 0.3) is 0 Å².